The zero-order valence-corrected chi connectivity index (χ0v) is 9.49. The molecule has 0 spiro atoms. The Bertz CT molecular complexity index is 400. The van der Waals surface area contributed by atoms with Crippen LogP contribution < -0.4 is 11.5 Å². The van der Waals surface area contributed by atoms with E-state index >= 15 is 0 Å². The summed E-state index contributed by atoms with van der Waals surface area (Å²) in [4.78, 5) is 4.15. The van der Waals surface area contributed by atoms with Crippen LogP contribution in [0.5, 0.6) is 0 Å². The number of nitrogens with zero attached hydrogens (tertiary/aromatic N) is 3. The maximum absolute atomic E-state index is 5.67. The van der Waals surface area contributed by atoms with Crippen molar-refractivity contribution < 1.29 is 0 Å². The lowest BCUT2D eigenvalue weighted by Crippen LogP contribution is -2.16. The second-order valence-electron chi connectivity index (χ2n) is 3.20. The zero-order valence-electron chi connectivity index (χ0n) is 8.74. The van der Waals surface area contributed by atoms with Gasteiger partial charge in [-0.2, -0.15) is 5.10 Å². The van der Waals surface area contributed by atoms with Gasteiger partial charge in [-0.05, 0) is 6.92 Å². The fourth-order valence-electron chi connectivity index (χ4n) is 0.971. The molecule has 1 aromatic rings. The molecule has 82 valence electrons. The van der Waals surface area contributed by atoms with Gasteiger partial charge in [0.15, 0.2) is 0 Å². The minimum Gasteiger partial charge on any atom is -0.389 e. The lowest BCUT2D eigenvalue weighted by atomic mass is 10.3. The average Bonchev–Trinajstić information content (AvgIpc) is 2.59. The van der Waals surface area contributed by atoms with Gasteiger partial charge in [0.1, 0.15) is 11.0 Å². The second kappa shape index (κ2) is 4.84. The first-order valence-electron chi connectivity index (χ1n) is 4.40. The largest absolute Gasteiger partial charge is 0.389 e. The van der Waals surface area contributed by atoms with Crippen LogP contribution >= 0.6 is 11.6 Å². The van der Waals surface area contributed by atoms with Gasteiger partial charge in [0, 0.05) is 24.4 Å². The van der Waals surface area contributed by atoms with Crippen molar-refractivity contribution in [3.05, 3.63) is 28.7 Å². The summed E-state index contributed by atoms with van der Waals surface area (Å²) in [5.74, 6) is 0.353. The predicted octanol–water partition coefficient (Wildman–Crippen LogP) is 0.706. The van der Waals surface area contributed by atoms with Gasteiger partial charge in [-0.15, -0.1) is 0 Å². The standard InChI is InChI=1S/C9H14ClN5/c1-6(8(10)11)9(12)13-3-7-4-14-15(2)5-7/h4-5H,3,11H2,1-2H3,(H2,12,13). The van der Waals surface area contributed by atoms with E-state index in [4.69, 9.17) is 23.1 Å². The van der Waals surface area contributed by atoms with Gasteiger partial charge in [-0.25, -0.2) is 0 Å². The third-order valence-electron chi connectivity index (χ3n) is 1.93. The molecule has 1 heterocycles. The molecule has 15 heavy (non-hydrogen) atoms. The van der Waals surface area contributed by atoms with Crippen molar-refractivity contribution in [1.29, 1.82) is 0 Å². The molecule has 4 N–H and O–H groups in total. The smallest absolute Gasteiger partial charge is 0.124 e. The van der Waals surface area contributed by atoms with E-state index in [-0.39, 0.29) is 5.16 Å². The van der Waals surface area contributed by atoms with E-state index in [9.17, 15) is 0 Å². The summed E-state index contributed by atoms with van der Waals surface area (Å²) in [6.45, 7) is 2.20. The molecular formula is C9H14ClN5. The van der Waals surface area contributed by atoms with Crippen molar-refractivity contribution in [3.8, 4) is 0 Å². The Morgan fingerprint density at radius 1 is 1.60 bits per heavy atom. The molecule has 1 aromatic heterocycles. The number of aromatic nitrogens is 2. The van der Waals surface area contributed by atoms with Crippen LogP contribution in [-0.2, 0) is 13.6 Å². The van der Waals surface area contributed by atoms with Crippen molar-refractivity contribution in [2.45, 2.75) is 13.5 Å². The summed E-state index contributed by atoms with van der Waals surface area (Å²) in [5, 5.41) is 4.19. The molecule has 0 fully saturated rings. The van der Waals surface area contributed by atoms with E-state index in [1.807, 2.05) is 13.2 Å². The first-order chi connectivity index (χ1) is 7.00. The molecule has 0 aliphatic rings. The Labute approximate surface area is 93.4 Å². The molecule has 1 rings (SSSR count). The highest BCUT2D eigenvalue weighted by Crippen LogP contribution is 2.04. The quantitative estimate of drug-likeness (QED) is 0.453. The van der Waals surface area contributed by atoms with E-state index in [0.29, 0.717) is 18.0 Å². The van der Waals surface area contributed by atoms with E-state index in [0.717, 1.165) is 5.56 Å². The Balaban J connectivity index is 2.70. The fourth-order valence-corrected chi connectivity index (χ4v) is 1.07. The Morgan fingerprint density at radius 3 is 2.73 bits per heavy atom. The van der Waals surface area contributed by atoms with Crippen LogP contribution in [0.3, 0.4) is 0 Å². The van der Waals surface area contributed by atoms with Crippen LogP contribution in [0.15, 0.2) is 28.1 Å². The first kappa shape index (κ1) is 11.6. The molecule has 0 radical (unpaired) electrons. The third kappa shape index (κ3) is 3.28. The van der Waals surface area contributed by atoms with E-state index in [1.54, 1.807) is 17.8 Å². The molecule has 0 saturated carbocycles. The number of nitrogens with two attached hydrogens (primary N) is 2. The van der Waals surface area contributed by atoms with Gasteiger partial charge >= 0.3 is 0 Å². The maximum Gasteiger partial charge on any atom is 0.124 e. The number of hydrogen-bond donors (Lipinski definition) is 2. The lowest BCUT2D eigenvalue weighted by Gasteiger charge is -2.00. The summed E-state index contributed by atoms with van der Waals surface area (Å²) < 4.78 is 1.71. The summed E-state index contributed by atoms with van der Waals surface area (Å²) in [6.07, 6.45) is 3.61. The predicted molar refractivity (Wildman–Crippen MR) is 61.3 cm³/mol. The normalized spacial score (nSPS) is 13.9. The highest BCUT2D eigenvalue weighted by molar-refractivity contribution is 6.31. The van der Waals surface area contributed by atoms with Gasteiger partial charge in [0.25, 0.3) is 0 Å². The molecular weight excluding hydrogens is 214 g/mol. The van der Waals surface area contributed by atoms with Crippen LogP contribution in [0.2, 0.25) is 0 Å². The number of amidine groups is 1. The van der Waals surface area contributed by atoms with Crippen molar-refractivity contribution in [2.75, 3.05) is 0 Å². The van der Waals surface area contributed by atoms with E-state index in [2.05, 4.69) is 10.1 Å². The molecule has 0 aliphatic heterocycles. The number of halogens is 1. The van der Waals surface area contributed by atoms with Crippen LogP contribution in [0.25, 0.3) is 0 Å². The Morgan fingerprint density at radius 2 is 2.27 bits per heavy atom. The fraction of sp³-hybridized carbons (Fsp3) is 0.333. The van der Waals surface area contributed by atoms with Crippen LogP contribution in [0, 0.1) is 0 Å². The molecule has 6 heteroatoms. The topological polar surface area (TPSA) is 82.2 Å². The summed E-state index contributed by atoms with van der Waals surface area (Å²) in [5.41, 5.74) is 12.6. The van der Waals surface area contributed by atoms with Gasteiger partial charge in [0.05, 0.1) is 12.7 Å². The summed E-state index contributed by atoms with van der Waals surface area (Å²) in [7, 11) is 1.85. The molecule has 0 saturated heterocycles. The van der Waals surface area contributed by atoms with Crippen molar-refractivity contribution in [3.63, 3.8) is 0 Å². The number of aliphatic imine (C=N–C) groups is 1. The molecule has 0 aliphatic carbocycles. The Hall–Kier alpha value is -1.49. The molecule has 0 aromatic carbocycles. The van der Waals surface area contributed by atoms with E-state index in [1.165, 1.54) is 0 Å². The summed E-state index contributed by atoms with van der Waals surface area (Å²) in [6, 6.07) is 0. The second-order valence-corrected chi connectivity index (χ2v) is 3.60. The number of rotatable bonds is 3. The minimum absolute atomic E-state index is 0.169. The first-order valence-corrected chi connectivity index (χ1v) is 4.78. The highest BCUT2D eigenvalue weighted by atomic mass is 35.5. The van der Waals surface area contributed by atoms with Crippen LogP contribution in [0.4, 0.5) is 0 Å². The van der Waals surface area contributed by atoms with Gasteiger partial charge in [-0.1, -0.05) is 11.6 Å². The lowest BCUT2D eigenvalue weighted by molar-refractivity contribution is 0.767. The van der Waals surface area contributed by atoms with Crippen molar-refractivity contribution in [2.24, 2.45) is 23.5 Å². The maximum atomic E-state index is 5.67. The summed E-state index contributed by atoms with van der Waals surface area (Å²) >= 11 is 5.59. The molecule has 0 atom stereocenters. The van der Waals surface area contributed by atoms with Crippen LogP contribution in [0.1, 0.15) is 12.5 Å². The molecule has 0 unspecified atom stereocenters. The van der Waals surface area contributed by atoms with Crippen molar-refractivity contribution in [1.82, 2.24) is 9.78 Å². The molecule has 0 bridgehead atoms. The van der Waals surface area contributed by atoms with Crippen molar-refractivity contribution >= 4 is 17.4 Å². The van der Waals surface area contributed by atoms with Crippen LogP contribution in [-0.4, -0.2) is 15.6 Å². The van der Waals surface area contributed by atoms with Gasteiger partial charge < -0.3 is 11.5 Å². The average molecular weight is 228 g/mol. The van der Waals surface area contributed by atoms with Gasteiger partial charge in [0.2, 0.25) is 0 Å². The Kier molecular flexibility index (Phi) is 3.74. The third-order valence-corrected chi connectivity index (χ3v) is 2.22. The minimum atomic E-state index is 0.169. The van der Waals surface area contributed by atoms with Gasteiger partial charge in [-0.3, -0.25) is 9.67 Å². The van der Waals surface area contributed by atoms with E-state index < -0.39 is 0 Å². The number of hydrogen-bond acceptors (Lipinski definition) is 3. The molecule has 0 amide bonds. The number of aryl methyl sites for hydroxylation is 1. The zero-order chi connectivity index (χ0) is 11.4. The monoisotopic (exact) mass is 227 g/mol. The molecule has 5 nitrogen and oxygen atoms in total. The highest BCUT2D eigenvalue weighted by Gasteiger charge is 2.00. The SMILES string of the molecule is CC(C(N)=NCc1cnn(C)c1)=C(N)Cl.